The van der Waals surface area contributed by atoms with Crippen LogP contribution in [0.4, 0.5) is 0 Å². The Balaban J connectivity index is 1.50. The monoisotopic (exact) mass is 385 g/mol. The smallest absolute Gasteiger partial charge is 0.303 e. The molecule has 28 heavy (non-hydrogen) atoms. The van der Waals surface area contributed by atoms with E-state index in [1.165, 1.54) is 63.5 Å². The van der Waals surface area contributed by atoms with Crippen molar-refractivity contribution in [3.05, 3.63) is 12.2 Å². The highest BCUT2D eigenvalue weighted by molar-refractivity contribution is 5.67. The van der Waals surface area contributed by atoms with Crippen molar-refractivity contribution in [2.45, 2.75) is 77.5 Å². The highest BCUT2D eigenvalue weighted by Gasteiger charge is 2.73. The number of hydrogen-bond acceptors (Lipinski definition) is 4. The van der Waals surface area contributed by atoms with Crippen molar-refractivity contribution in [3.63, 3.8) is 0 Å². The van der Waals surface area contributed by atoms with E-state index in [1.54, 1.807) is 6.92 Å². The predicted octanol–water partition coefficient (Wildman–Crippen LogP) is 4.15. The van der Waals surface area contributed by atoms with Crippen LogP contribution in [0.5, 0.6) is 0 Å². The Bertz CT molecular complexity index is 735. The molecule has 0 radical (unpaired) electrons. The first-order chi connectivity index (χ1) is 13.4. The maximum Gasteiger partial charge on any atom is 0.303 e. The van der Waals surface area contributed by atoms with Gasteiger partial charge in [-0.15, -0.1) is 0 Å². The highest BCUT2D eigenvalue weighted by atomic mass is 16.5. The van der Waals surface area contributed by atoms with Gasteiger partial charge in [-0.3, -0.25) is 9.69 Å². The molecule has 0 unspecified atom stereocenters. The number of esters is 1. The van der Waals surface area contributed by atoms with Gasteiger partial charge in [0.05, 0.1) is 6.61 Å². The molecule has 4 aliphatic carbocycles. The summed E-state index contributed by atoms with van der Waals surface area (Å²) in [4.78, 5) is 14.7. The fourth-order valence-corrected chi connectivity index (χ4v) is 9.64. The summed E-state index contributed by atoms with van der Waals surface area (Å²) < 4.78 is 12.6. The first-order valence-corrected chi connectivity index (χ1v) is 11.6. The number of hydrogen-bond donors (Lipinski definition) is 0. The number of piperidine rings is 1. The van der Waals surface area contributed by atoms with Gasteiger partial charge in [-0.05, 0) is 73.7 Å². The van der Waals surface area contributed by atoms with Crippen molar-refractivity contribution in [1.82, 2.24) is 4.90 Å². The molecule has 0 aromatic carbocycles. The van der Waals surface area contributed by atoms with Crippen molar-refractivity contribution < 1.29 is 14.3 Å². The van der Waals surface area contributed by atoms with Crippen LogP contribution < -0.4 is 0 Å². The number of rotatable bonds is 1. The Morgan fingerprint density at radius 2 is 2.07 bits per heavy atom. The van der Waals surface area contributed by atoms with Gasteiger partial charge in [0, 0.05) is 30.8 Å². The van der Waals surface area contributed by atoms with E-state index in [2.05, 4.69) is 18.4 Å². The maximum atomic E-state index is 12.0. The largest absolute Gasteiger partial charge is 0.457 e. The third kappa shape index (κ3) is 1.97. The lowest BCUT2D eigenvalue weighted by Gasteiger charge is -2.70. The average Bonchev–Trinajstić information content (AvgIpc) is 3.18. The molecular formula is C24H35NO3. The number of carbonyl (C=O) groups is 1. The second-order valence-corrected chi connectivity index (χ2v) is 11.2. The third-order valence-electron chi connectivity index (χ3n) is 10.2. The van der Waals surface area contributed by atoms with Crippen LogP contribution in [-0.4, -0.2) is 42.9 Å². The van der Waals surface area contributed by atoms with Crippen molar-refractivity contribution >= 4 is 5.97 Å². The molecule has 6 aliphatic rings. The summed E-state index contributed by atoms with van der Waals surface area (Å²) >= 11 is 0. The van der Waals surface area contributed by atoms with Gasteiger partial charge in [0.2, 0.25) is 0 Å². The molecule has 0 N–H and O–H groups in total. The van der Waals surface area contributed by atoms with E-state index in [4.69, 9.17) is 9.47 Å². The van der Waals surface area contributed by atoms with Gasteiger partial charge < -0.3 is 9.47 Å². The first-order valence-electron chi connectivity index (χ1n) is 11.6. The zero-order valence-corrected chi connectivity index (χ0v) is 17.5. The van der Waals surface area contributed by atoms with E-state index >= 15 is 0 Å². The maximum absolute atomic E-state index is 12.0. The highest BCUT2D eigenvalue weighted by Crippen LogP contribution is 2.75. The SMILES string of the molecule is C=C1[C@@H]2CC[C@@H]3[C@@](CC[C@@H]4[C@@]5(C)CCC[C@@]43[C@H]3OCCN3C5)(C2)[C@@H]1OC(C)=O. The molecule has 0 amide bonds. The Hall–Kier alpha value is -0.870. The van der Waals surface area contributed by atoms with Crippen molar-refractivity contribution in [2.24, 2.45) is 34.0 Å². The van der Waals surface area contributed by atoms with E-state index in [-0.39, 0.29) is 29.1 Å². The molecule has 0 aromatic heterocycles. The molecule has 4 heteroatoms. The molecular weight excluding hydrogens is 350 g/mol. The summed E-state index contributed by atoms with van der Waals surface area (Å²) in [6.07, 6.45) is 10.4. The lowest BCUT2D eigenvalue weighted by atomic mass is 9.38. The number of carbonyl (C=O) groups excluding carboxylic acids is 1. The molecule has 0 aromatic rings. The fourth-order valence-electron chi connectivity index (χ4n) is 9.64. The van der Waals surface area contributed by atoms with Crippen LogP contribution in [0.25, 0.3) is 0 Å². The number of ether oxygens (including phenoxy) is 2. The summed E-state index contributed by atoms with van der Waals surface area (Å²) in [7, 11) is 0. The number of nitrogens with zero attached hydrogens (tertiary/aromatic N) is 1. The van der Waals surface area contributed by atoms with Crippen LogP contribution in [-0.2, 0) is 14.3 Å². The third-order valence-corrected chi connectivity index (χ3v) is 10.2. The van der Waals surface area contributed by atoms with Crippen LogP contribution in [0.1, 0.15) is 65.2 Å². The second kappa shape index (κ2) is 5.63. The Morgan fingerprint density at radius 1 is 1.21 bits per heavy atom. The van der Waals surface area contributed by atoms with Gasteiger partial charge in [-0.25, -0.2) is 0 Å². The van der Waals surface area contributed by atoms with Crippen molar-refractivity contribution in [3.8, 4) is 0 Å². The topological polar surface area (TPSA) is 38.8 Å². The molecule has 6 fully saturated rings. The Kier molecular flexibility index (Phi) is 3.61. The first kappa shape index (κ1) is 17.9. The van der Waals surface area contributed by atoms with Crippen LogP contribution in [0, 0.1) is 34.0 Å². The van der Waals surface area contributed by atoms with E-state index in [1.807, 2.05) is 0 Å². The molecule has 8 atom stereocenters. The van der Waals surface area contributed by atoms with Crippen LogP contribution >= 0.6 is 0 Å². The van der Waals surface area contributed by atoms with Crippen LogP contribution in [0.2, 0.25) is 0 Å². The fraction of sp³-hybridized carbons (Fsp3) is 0.875. The van der Waals surface area contributed by atoms with Crippen LogP contribution in [0.3, 0.4) is 0 Å². The lowest BCUT2D eigenvalue weighted by molar-refractivity contribution is -0.277. The van der Waals surface area contributed by atoms with Gasteiger partial charge in [0.15, 0.2) is 0 Å². The van der Waals surface area contributed by atoms with Crippen LogP contribution in [0.15, 0.2) is 12.2 Å². The zero-order valence-electron chi connectivity index (χ0n) is 17.5. The molecule has 154 valence electrons. The standard InChI is InChI=1S/C24H35NO3/c1-15-17-5-6-19-23(13-17,20(15)28-16(2)26)10-7-18-22(3)8-4-9-24(18,19)21-25(14-22)11-12-27-21/h17-21H,1,4-14H2,2-3H3/t17-,18-,19-,20-,21-,22+,23-,24-/m1/s1. The van der Waals surface area contributed by atoms with Gasteiger partial charge in [-0.2, -0.15) is 0 Å². The van der Waals surface area contributed by atoms with Crippen molar-refractivity contribution in [2.75, 3.05) is 19.7 Å². The van der Waals surface area contributed by atoms with E-state index in [0.29, 0.717) is 17.3 Å². The molecule has 1 spiro atoms. The van der Waals surface area contributed by atoms with Gasteiger partial charge in [0.25, 0.3) is 0 Å². The second-order valence-electron chi connectivity index (χ2n) is 11.2. The molecule has 4 bridgehead atoms. The average molecular weight is 386 g/mol. The van der Waals surface area contributed by atoms with Gasteiger partial charge >= 0.3 is 5.97 Å². The molecule has 4 saturated carbocycles. The minimum atomic E-state index is -0.137. The van der Waals surface area contributed by atoms with Crippen molar-refractivity contribution in [1.29, 1.82) is 0 Å². The van der Waals surface area contributed by atoms with Gasteiger partial charge in [0.1, 0.15) is 12.3 Å². The molecule has 2 aliphatic heterocycles. The predicted molar refractivity (Wildman–Crippen MR) is 106 cm³/mol. The molecule has 2 saturated heterocycles. The summed E-state index contributed by atoms with van der Waals surface area (Å²) in [6, 6.07) is 0. The Labute approximate surface area is 169 Å². The normalized spacial score (nSPS) is 54.6. The van der Waals surface area contributed by atoms with E-state index in [0.717, 1.165) is 19.1 Å². The minimum absolute atomic E-state index is 0.0669. The number of fused-ring (bicyclic) bond motifs is 2. The zero-order chi connectivity index (χ0) is 19.3. The van der Waals surface area contributed by atoms with Gasteiger partial charge in [-0.1, -0.05) is 19.9 Å². The lowest BCUT2D eigenvalue weighted by Crippen LogP contribution is -2.71. The van der Waals surface area contributed by atoms with E-state index in [9.17, 15) is 4.79 Å². The van der Waals surface area contributed by atoms with E-state index < -0.39 is 0 Å². The Morgan fingerprint density at radius 3 is 2.89 bits per heavy atom. The summed E-state index contributed by atoms with van der Waals surface area (Å²) in [5.74, 6) is 1.77. The molecule has 2 heterocycles. The minimum Gasteiger partial charge on any atom is -0.457 e. The summed E-state index contributed by atoms with van der Waals surface area (Å²) in [6.45, 7) is 11.8. The molecule has 4 nitrogen and oxygen atoms in total. The summed E-state index contributed by atoms with van der Waals surface area (Å²) in [5.41, 5.74) is 1.99. The summed E-state index contributed by atoms with van der Waals surface area (Å²) in [5, 5.41) is 0. The quantitative estimate of drug-likeness (QED) is 0.502. The molecule has 6 rings (SSSR count).